The third-order valence-corrected chi connectivity index (χ3v) is 6.69. The Morgan fingerprint density at radius 2 is 2.11 bits per heavy atom. The predicted octanol–water partition coefficient (Wildman–Crippen LogP) is 1.59. The summed E-state index contributed by atoms with van der Waals surface area (Å²) in [6.07, 6.45) is 5.40. The molecule has 5 nitrogen and oxygen atoms in total. The first-order valence-corrected chi connectivity index (χ1v) is 8.67. The third kappa shape index (κ3) is 2.44. The molecule has 0 saturated heterocycles. The highest BCUT2D eigenvalue weighted by molar-refractivity contribution is 8.00. The van der Waals surface area contributed by atoms with E-state index >= 15 is 0 Å². The molecular weight excluding hydrogens is 270 g/mol. The van der Waals surface area contributed by atoms with Gasteiger partial charge in [0.15, 0.2) is 0 Å². The Labute approximate surface area is 112 Å². The van der Waals surface area contributed by atoms with Crippen LogP contribution in [-0.4, -0.2) is 36.2 Å². The van der Waals surface area contributed by atoms with Gasteiger partial charge in [0, 0.05) is 11.3 Å². The van der Waals surface area contributed by atoms with Gasteiger partial charge in [-0.3, -0.25) is 5.10 Å². The van der Waals surface area contributed by atoms with Gasteiger partial charge in [0.1, 0.15) is 4.90 Å². The van der Waals surface area contributed by atoms with E-state index < -0.39 is 10.0 Å². The number of aromatic nitrogens is 2. The van der Waals surface area contributed by atoms with E-state index in [4.69, 9.17) is 0 Å². The van der Waals surface area contributed by atoms with Crippen LogP contribution in [0.2, 0.25) is 0 Å². The Morgan fingerprint density at radius 3 is 2.50 bits per heavy atom. The Balaban J connectivity index is 2.13. The number of rotatable bonds is 5. The number of nitrogens with zero attached hydrogens (tertiary/aromatic N) is 1. The van der Waals surface area contributed by atoms with Gasteiger partial charge in [-0.25, -0.2) is 13.1 Å². The van der Waals surface area contributed by atoms with Gasteiger partial charge in [-0.2, -0.15) is 16.9 Å². The number of thioether (sulfide) groups is 1. The van der Waals surface area contributed by atoms with E-state index in [9.17, 15) is 8.42 Å². The van der Waals surface area contributed by atoms with Gasteiger partial charge >= 0.3 is 0 Å². The predicted molar refractivity (Wildman–Crippen MR) is 73.3 cm³/mol. The molecule has 0 atom stereocenters. The van der Waals surface area contributed by atoms with E-state index in [0.29, 0.717) is 17.9 Å². The maximum absolute atomic E-state index is 12.3. The minimum atomic E-state index is -3.45. The van der Waals surface area contributed by atoms with Gasteiger partial charge in [0.05, 0.1) is 11.4 Å². The second-order valence-corrected chi connectivity index (χ2v) is 7.81. The summed E-state index contributed by atoms with van der Waals surface area (Å²) in [5.74, 6) is 0. The van der Waals surface area contributed by atoms with Crippen molar-refractivity contribution in [1.82, 2.24) is 14.9 Å². The summed E-state index contributed by atoms with van der Waals surface area (Å²) in [5, 5.41) is 6.64. The van der Waals surface area contributed by atoms with Crippen LogP contribution < -0.4 is 4.72 Å². The first kappa shape index (κ1) is 13.9. The Bertz CT molecular complexity index is 507. The number of nitrogens with one attached hydrogen (secondary N) is 2. The van der Waals surface area contributed by atoms with Crippen molar-refractivity contribution in [2.75, 3.05) is 12.8 Å². The van der Waals surface area contributed by atoms with E-state index in [0.717, 1.165) is 12.8 Å². The average molecular weight is 289 g/mol. The highest BCUT2D eigenvalue weighted by Gasteiger charge is 2.37. The maximum atomic E-state index is 12.3. The lowest BCUT2D eigenvalue weighted by molar-refractivity contribution is 0.362. The standard InChI is InChI=1S/C11H19N3O2S2/c1-8-10(9(2)14-13-8)18(15,16)12-7-11(17-3)5-4-6-11/h12H,4-7H2,1-3H3,(H,13,14). The minimum absolute atomic E-state index is 0.0958. The fourth-order valence-electron chi connectivity index (χ4n) is 2.26. The molecule has 1 saturated carbocycles. The summed E-state index contributed by atoms with van der Waals surface area (Å²) in [6, 6.07) is 0. The second kappa shape index (κ2) is 4.86. The number of aryl methyl sites for hydroxylation is 2. The molecular formula is C11H19N3O2S2. The molecule has 0 spiro atoms. The van der Waals surface area contributed by atoms with E-state index in [1.807, 2.05) is 6.26 Å². The van der Waals surface area contributed by atoms with Crippen LogP contribution in [-0.2, 0) is 10.0 Å². The molecule has 0 aromatic carbocycles. The van der Waals surface area contributed by atoms with Gasteiger partial charge in [0.25, 0.3) is 0 Å². The van der Waals surface area contributed by atoms with Crippen LogP contribution in [0.4, 0.5) is 0 Å². The molecule has 0 amide bonds. The summed E-state index contributed by atoms with van der Waals surface area (Å²) in [4.78, 5) is 0.290. The Morgan fingerprint density at radius 1 is 1.44 bits per heavy atom. The molecule has 1 heterocycles. The quantitative estimate of drug-likeness (QED) is 0.863. The third-order valence-electron chi connectivity index (χ3n) is 3.61. The van der Waals surface area contributed by atoms with Crippen LogP contribution in [0.1, 0.15) is 30.7 Å². The largest absolute Gasteiger partial charge is 0.281 e. The molecule has 2 N–H and O–H groups in total. The zero-order valence-corrected chi connectivity index (χ0v) is 12.5. The molecule has 102 valence electrons. The van der Waals surface area contributed by atoms with E-state index in [1.165, 1.54) is 6.42 Å². The molecule has 7 heteroatoms. The fraction of sp³-hybridized carbons (Fsp3) is 0.727. The van der Waals surface area contributed by atoms with Crippen molar-refractivity contribution in [3.8, 4) is 0 Å². The Hall–Kier alpha value is -0.530. The van der Waals surface area contributed by atoms with E-state index in [1.54, 1.807) is 25.6 Å². The average Bonchev–Trinajstić information content (AvgIpc) is 2.58. The van der Waals surface area contributed by atoms with Crippen molar-refractivity contribution in [2.24, 2.45) is 0 Å². The molecule has 1 aromatic rings. The minimum Gasteiger partial charge on any atom is -0.281 e. The summed E-state index contributed by atoms with van der Waals surface area (Å²) >= 11 is 1.75. The SMILES string of the molecule is CSC1(CNS(=O)(=O)c2c(C)n[nH]c2C)CCC1. The van der Waals surface area contributed by atoms with E-state index in [-0.39, 0.29) is 9.64 Å². The smallest absolute Gasteiger partial charge is 0.244 e. The monoisotopic (exact) mass is 289 g/mol. The number of sulfonamides is 1. The zero-order valence-electron chi connectivity index (χ0n) is 10.9. The number of hydrogen-bond acceptors (Lipinski definition) is 4. The lowest BCUT2D eigenvalue weighted by atomic mass is 9.84. The molecule has 1 aromatic heterocycles. The van der Waals surface area contributed by atoms with Gasteiger partial charge in [-0.15, -0.1) is 0 Å². The number of hydrogen-bond donors (Lipinski definition) is 2. The lowest BCUT2D eigenvalue weighted by Crippen LogP contribution is -2.45. The topological polar surface area (TPSA) is 74.8 Å². The van der Waals surface area contributed by atoms with Crippen molar-refractivity contribution in [2.45, 2.75) is 42.8 Å². The maximum Gasteiger partial charge on any atom is 0.244 e. The molecule has 18 heavy (non-hydrogen) atoms. The summed E-state index contributed by atoms with van der Waals surface area (Å²) in [6.45, 7) is 3.93. The molecule has 1 aliphatic carbocycles. The van der Waals surface area contributed by atoms with Crippen molar-refractivity contribution < 1.29 is 8.42 Å². The lowest BCUT2D eigenvalue weighted by Gasteiger charge is -2.40. The number of aromatic amines is 1. The van der Waals surface area contributed by atoms with E-state index in [2.05, 4.69) is 14.9 Å². The van der Waals surface area contributed by atoms with Crippen LogP contribution in [0.25, 0.3) is 0 Å². The van der Waals surface area contributed by atoms with Crippen LogP contribution >= 0.6 is 11.8 Å². The first-order valence-electron chi connectivity index (χ1n) is 5.97. The normalized spacial score (nSPS) is 18.6. The van der Waals surface area contributed by atoms with Gasteiger partial charge in [-0.1, -0.05) is 6.42 Å². The Kier molecular flexibility index (Phi) is 3.75. The molecule has 1 aliphatic rings. The van der Waals surface area contributed by atoms with Crippen molar-refractivity contribution >= 4 is 21.8 Å². The van der Waals surface area contributed by atoms with Crippen molar-refractivity contribution in [1.29, 1.82) is 0 Å². The van der Waals surface area contributed by atoms with Crippen molar-refractivity contribution in [3.63, 3.8) is 0 Å². The fourth-order valence-corrected chi connectivity index (χ4v) is 4.76. The van der Waals surface area contributed by atoms with Crippen LogP contribution in [0.5, 0.6) is 0 Å². The number of H-pyrrole nitrogens is 1. The molecule has 0 radical (unpaired) electrons. The van der Waals surface area contributed by atoms with Crippen LogP contribution in [0, 0.1) is 13.8 Å². The molecule has 0 bridgehead atoms. The van der Waals surface area contributed by atoms with Crippen LogP contribution in [0.3, 0.4) is 0 Å². The summed E-state index contributed by atoms with van der Waals surface area (Å²) in [7, 11) is -3.45. The van der Waals surface area contributed by atoms with Crippen LogP contribution in [0.15, 0.2) is 4.90 Å². The van der Waals surface area contributed by atoms with Crippen molar-refractivity contribution in [3.05, 3.63) is 11.4 Å². The van der Waals surface area contributed by atoms with Gasteiger partial charge < -0.3 is 0 Å². The highest BCUT2D eigenvalue weighted by Crippen LogP contribution is 2.42. The van der Waals surface area contributed by atoms with Gasteiger partial charge in [0.2, 0.25) is 10.0 Å². The molecule has 0 unspecified atom stereocenters. The summed E-state index contributed by atoms with van der Waals surface area (Å²) < 4.78 is 27.3. The molecule has 0 aliphatic heterocycles. The highest BCUT2D eigenvalue weighted by atomic mass is 32.2. The zero-order chi connectivity index (χ0) is 13.4. The second-order valence-electron chi connectivity index (χ2n) is 4.83. The molecule has 2 rings (SSSR count). The molecule has 1 fully saturated rings. The first-order chi connectivity index (χ1) is 8.40. The summed E-state index contributed by atoms with van der Waals surface area (Å²) in [5.41, 5.74) is 1.11. The van der Waals surface area contributed by atoms with Gasteiger partial charge in [-0.05, 0) is 32.9 Å².